The molecule has 1 aromatic carbocycles. The predicted molar refractivity (Wildman–Crippen MR) is 132 cm³/mol. The number of benzene rings is 1. The summed E-state index contributed by atoms with van der Waals surface area (Å²) in [6.07, 6.45) is 5.39. The van der Waals surface area contributed by atoms with Crippen LogP contribution in [0.1, 0.15) is 31.2 Å². The average Bonchev–Trinajstić information content (AvgIpc) is 3.19. The molecule has 2 amide bonds. The molecular formula is C25H30N6O5. The number of imidazole rings is 1. The Morgan fingerprint density at radius 2 is 1.94 bits per heavy atom. The van der Waals surface area contributed by atoms with E-state index in [2.05, 4.69) is 19.9 Å². The normalized spacial score (nSPS) is 15.0. The van der Waals surface area contributed by atoms with Crippen LogP contribution in [0.5, 0.6) is 0 Å². The highest BCUT2D eigenvalue weighted by Crippen LogP contribution is 2.23. The summed E-state index contributed by atoms with van der Waals surface area (Å²) in [4.78, 5) is 46.4. The van der Waals surface area contributed by atoms with Gasteiger partial charge < -0.3 is 19.5 Å². The molecular weight excluding hydrogens is 464 g/mol. The second-order valence-corrected chi connectivity index (χ2v) is 8.95. The van der Waals surface area contributed by atoms with Crippen molar-refractivity contribution in [2.24, 2.45) is 5.92 Å². The largest absolute Gasteiger partial charge is 0.464 e. The van der Waals surface area contributed by atoms with Crippen LogP contribution in [0.15, 0.2) is 42.7 Å². The minimum atomic E-state index is -0.884. The number of non-ortho nitro benzene ring substituents is 1. The van der Waals surface area contributed by atoms with Crippen molar-refractivity contribution in [1.29, 1.82) is 0 Å². The van der Waals surface area contributed by atoms with Gasteiger partial charge in [0.15, 0.2) is 0 Å². The SMILES string of the molecule is CCOC(=O)[C@H](Cc1ccc([N+](=O)[O-])cc1)NC(=O)N1CCC(Cn2c(C)nc3cnccc32)CC1. The summed E-state index contributed by atoms with van der Waals surface area (Å²) in [5.41, 5.74) is 2.60. The molecule has 0 spiro atoms. The number of pyridine rings is 1. The highest BCUT2D eigenvalue weighted by Gasteiger charge is 2.28. The molecule has 0 radical (unpaired) electrons. The number of hydrogen-bond donors (Lipinski definition) is 1. The summed E-state index contributed by atoms with van der Waals surface area (Å²) in [7, 11) is 0. The van der Waals surface area contributed by atoms with E-state index in [0.717, 1.165) is 36.2 Å². The molecule has 0 saturated carbocycles. The summed E-state index contributed by atoms with van der Waals surface area (Å²) >= 11 is 0. The minimum Gasteiger partial charge on any atom is -0.464 e. The van der Waals surface area contributed by atoms with E-state index in [9.17, 15) is 19.7 Å². The van der Waals surface area contributed by atoms with Crippen molar-refractivity contribution in [2.75, 3.05) is 19.7 Å². The molecule has 190 valence electrons. The van der Waals surface area contributed by atoms with Crippen molar-refractivity contribution < 1.29 is 19.2 Å². The third-order valence-electron chi connectivity index (χ3n) is 6.54. The number of aryl methyl sites for hydroxylation is 1. The zero-order valence-electron chi connectivity index (χ0n) is 20.4. The molecule has 1 fully saturated rings. The maximum absolute atomic E-state index is 13.0. The molecule has 36 heavy (non-hydrogen) atoms. The highest BCUT2D eigenvalue weighted by molar-refractivity contribution is 5.84. The first-order chi connectivity index (χ1) is 17.4. The van der Waals surface area contributed by atoms with Crippen LogP contribution in [0.2, 0.25) is 0 Å². The number of aromatic nitrogens is 3. The number of nitrogens with zero attached hydrogens (tertiary/aromatic N) is 5. The van der Waals surface area contributed by atoms with E-state index in [1.807, 2.05) is 13.0 Å². The first kappa shape index (κ1) is 25.1. The lowest BCUT2D eigenvalue weighted by Gasteiger charge is -2.33. The molecule has 3 heterocycles. The van der Waals surface area contributed by atoms with Crippen molar-refractivity contribution in [1.82, 2.24) is 24.8 Å². The van der Waals surface area contributed by atoms with Crippen LogP contribution >= 0.6 is 0 Å². The summed E-state index contributed by atoms with van der Waals surface area (Å²) in [6.45, 7) is 5.87. The Morgan fingerprint density at radius 1 is 1.22 bits per heavy atom. The standard InChI is InChI=1S/C25H30N6O5/c1-3-36-24(32)21(14-18-4-6-20(7-5-18)31(34)35)28-25(33)29-12-9-19(10-13-29)16-30-17(2)27-22-15-26-11-8-23(22)30/h4-8,11,15,19,21H,3,9-10,12-14,16H2,1-2H3,(H,28,33)/t21-/m0/s1. The first-order valence-electron chi connectivity index (χ1n) is 12.1. The van der Waals surface area contributed by atoms with Gasteiger partial charge in [0.1, 0.15) is 17.4 Å². The van der Waals surface area contributed by atoms with Gasteiger partial charge in [-0.3, -0.25) is 15.1 Å². The number of esters is 1. The van der Waals surface area contributed by atoms with E-state index in [0.29, 0.717) is 24.6 Å². The highest BCUT2D eigenvalue weighted by atomic mass is 16.6. The van der Waals surface area contributed by atoms with Crippen molar-refractivity contribution in [3.05, 3.63) is 64.2 Å². The number of likely N-dealkylation sites (tertiary alicyclic amines) is 1. The Balaban J connectivity index is 1.35. The van der Waals surface area contributed by atoms with Crippen molar-refractivity contribution >= 4 is 28.7 Å². The van der Waals surface area contributed by atoms with Crippen molar-refractivity contribution in [3.8, 4) is 0 Å². The zero-order chi connectivity index (χ0) is 25.7. The van der Waals surface area contributed by atoms with Gasteiger partial charge in [-0.05, 0) is 44.2 Å². The van der Waals surface area contributed by atoms with Crippen LogP contribution in [0.4, 0.5) is 10.5 Å². The molecule has 0 aliphatic carbocycles. The second kappa shape index (κ2) is 11.1. The van der Waals surface area contributed by atoms with Crippen molar-refractivity contribution in [2.45, 2.75) is 45.7 Å². The maximum atomic E-state index is 13.0. The molecule has 2 aromatic heterocycles. The lowest BCUT2D eigenvalue weighted by atomic mass is 9.96. The van der Waals surface area contributed by atoms with Crippen LogP contribution in [-0.2, 0) is 22.5 Å². The molecule has 11 nitrogen and oxygen atoms in total. The maximum Gasteiger partial charge on any atom is 0.329 e. The van der Waals surface area contributed by atoms with Gasteiger partial charge >= 0.3 is 12.0 Å². The fraction of sp³-hybridized carbons (Fsp3) is 0.440. The number of nitro benzene ring substituents is 1. The number of carbonyl (C=O) groups is 2. The summed E-state index contributed by atoms with van der Waals surface area (Å²) in [5.74, 6) is 0.817. The van der Waals surface area contributed by atoms with Crippen LogP contribution in [-0.4, -0.2) is 62.1 Å². The topological polar surface area (TPSA) is 132 Å². The van der Waals surface area contributed by atoms with Crippen molar-refractivity contribution in [3.63, 3.8) is 0 Å². The number of carbonyl (C=O) groups excluding carboxylic acids is 2. The number of hydrogen-bond acceptors (Lipinski definition) is 7. The number of nitro groups is 1. The Kier molecular flexibility index (Phi) is 7.77. The number of fused-ring (bicyclic) bond motifs is 1. The van der Waals surface area contributed by atoms with E-state index < -0.39 is 16.9 Å². The number of piperidine rings is 1. The predicted octanol–water partition coefficient (Wildman–Crippen LogP) is 3.24. The molecule has 4 rings (SSSR count). The fourth-order valence-corrected chi connectivity index (χ4v) is 4.58. The Labute approximate surface area is 208 Å². The molecule has 0 unspecified atom stereocenters. The van der Waals surface area contributed by atoms with E-state index in [-0.39, 0.29) is 24.7 Å². The molecule has 1 N–H and O–H groups in total. The van der Waals surface area contributed by atoms with Crippen LogP contribution in [0, 0.1) is 23.0 Å². The lowest BCUT2D eigenvalue weighted by molar-refractivity contribution is -0.384. The molecule has 0 bridgehead atoms. The number of rotatable bonds is 8. The van der Waals surface area contributed by atoms with Gasteiger partial charge in [0, 0.05) is 44.4 Å². The van der Waals surface area contributed by atoms with Gasteiger partial charge in [0.2, 0.25) is 0 Å². The molecule has 11 heteroatoms. The molecule has 1 saturated heterocycles. The number of ether oxygens (including phenoxy) is 1. The molecule has 1 atom stereocenters. The summed E-state index contributed by atoms with van der Waals surface area (Å²) < 4.78 is 7.36. The first-order valence-corrected chi connectivity index (χ1v) is 12.1. The number of nitrogens with one attached hydrogen (secondary N) is 1. The monoisotopic (exact) mass is 494 g/mol. The minimum absolute atomic E-state index is 0.0334. The van der Waals surface area contributed by atoms with Crippen LogP contribution in [0.3, 0.4) is 0 Å². The van der Waals surface area contributed by atoms with Gasteiger partial charge in [-0.1, -0.05) is 12.1 Å². The second-order valence-electron chi connectivity index (χ2n) is 8.95. The Hall–Kier alpha value is -4.02. The van der Waals surface area contributed by atoms with Gasteiger partial charge in [0.25, 0.3) is 5.69 Å². The molecule has 3 aromatic rings. The number of amides is 2. The third-order valence-corrected chi connectivity index (χ3v) is 6.54. The van der Waals surface area contributed by atoms with Gasteiger partial charge in [-0.15, -0.1) is 0 Å². The van der Waals surface area contributed by atoms with E-state index in [1.54, 1.807) is 36.4 Å². The number of urea groups is 1. The smallest absolute Gasteiger partial charge is 0.329 e. The van der Waals surface area contributed by atoms with Crippen LogP contribution < -0.4 is 5.32 Å². The Bertz CT molecular complexity index is 1230. The summed E-state index contributed by atoms with van der Waals surface area (Å²) in [5, 5.41) is 13.7. The average molecular weight is 495 g/mol. The third kappa shape index (κ3) is 5.78. The van der Waals surface area contributed by atoms with Gasteiger partial charge in [-0.25, -0.2) is 14.6 Å². The lowest BCUT2D eigenvalue weighted by Crippen LogP contribution is -2.51. The summed E-state index contributed by atoms with van der Waals surface area (Å²) in [6, 6.07) is 6.70. The van der Waals surface area contributed by atoms with E-state index in [1.165, 1.54) is 12.1 Å². The molecule has 1 aliphatic rings. The van der Waals surface area contributed by atoms with E-state index in [4.69, 9.17) is 4.74 Å². The van der Waals surface area contributed by atoms with Gasteiger partial charge in [-0.2, -0.15) is 0 Å². The van der Waals surface area contributed by atoms with E-state index >= 15 is 0 Å². The fourth-order valence-electron chi connectivity index (χ4n) is 4.58. The van der Waals surface area contributed by atoms with Crippen LogP contribution in [0.25, 0.3) is 11.0 Å². The Morgan fingerprint density at radius 3 is 2.61 bits per heavy atom. The zero-order valence-corrected chi connectivity index (χ0v) is 20.4. The quantitative estimate of drug-likeness (QED) is 0.289. The van der Waals surface area contributed by atoms with Gasteiger partial charge in [0.05, 0.1) is 23.2 Å². The molecule has 1 aliphatic heterocycles.